The van der Waals surface area contributed by atoms with Crippen molar-refractivity contribution in [3.63, 3.8) is 0 Å². The number of carbonyl (C=O) groups is 1. The number of aromatic hydroxyl groups is 2. The van der Waals surface area contributed by atoms with Crippen molar-refractivity contribution < 1.29 is 15.0 Å². The molecule has 33 heavy (non-hydrogen) atoms. The van der Waals surface area contributed by atoms with E-state index in [1.807, 2.05) is 31.2 Å². The highest BCUT2D eigenvalue weighted by atomic mass is 35.5. The van der Waals surface area contributed by atoms with Crippen LogP contribution in [0.15, 0.2) is 52.1 Å². The molecule has 0 fully saturated rings. The fraction of sp³-hybridized carbons (Fsp3) is 0.208. The molecule has 0 aliphatic heterocycles. The Bertz CT molecular complexity index is 1380. The maximum Gasteiger partial charge on any atom is 0.332 e. The van der Waals surface area contributed by atoms with Crippen LogP contribution in [0.4, 0.5) is 5.69 Å². The predicted octanol–water partition coefficient (Wildman–Crippen LogP) is 2.54. The van der Waals surface area contributed by atoms with Gasteiger partial charge in [0.25, 0.3) is 5.56 Å². The third kappa shape index (κ3) is 5.64. The largest absolute Gasteiger partial charge is 0.504 e. The van der Waals surface area contributed by atoms with Crippen molar-refractivity contribution in [1.29, 1.82) is 0 Å². The Kier molecular flexibility index (Phi) is 7.26. The first-order valence-corrected chi connectivity index (χ1v) is 10.4. The summed E-state index contributed by atoms with van der Waals surface area (Å²) < 4.78 is 1.90. The summed E-state index contributed by atoms with van der Waals surface area (Å²) in [5, 5.41) is 21.2. The first kappa shape index (κ1) is 23.7. The lowest BCUT2D eigenvalue weighted by atomic mass is 10.1. The summed E-state index contributed by atoms with van der Waals surface area (Å²) >= 11 is 6.29. The van der Waals surface area contributed by atoms with Crippen LogP contribution in [0.3, 0.4) is 0 Å². The van der Waals surface area contributed by atoms with Crippen molar-refractivity contribution in [1.82, 2.24) is 9.13 Å². The molecule has 0 saturated heterocycles. The minimum atomic E-state index is -0.721. The van der Waals surface area contributed by atoms with Gasteiger partial charge in [0, 0.05) is 19.0 Å². The molecular formula is C24H22ClN3O5. The zero-order valence-electron chi connectivity index (χ0n) is 18.1. The average Bonchev–Trinajstić information content (AvgIpc) is 2.79. The van der Waals surface area contributed by atoms with Gasteiger partial charge in [-0.2, -0.15) is 0 Å². The van der Waals surface area contributed by atoms with Gasteiger partial charge < -0.3 is 15.5 Å². The normalized spacial score (nSPS) is 10.4. The van der Waals surface area contributed by atoms with Crippen LogP contribution in [0.1, 0.15) is 23.1 Å². The summed E-state index contributed by atoms with van der Waals surface area (Å²) in [6, 6.07) is 11.8. The lowest BCUT2D eigenvalue weighted by Gasteiger charge is -2.13. The lowest BCUT2D eigenvalue weighted by molar-refractivity contribution is -0.116. The van der Waals surface area contributed by atoms with E-state index in [-0.39, 0.29) is 35.3 Å². The number of aromatic nitrogens is 2. The number of hydrogen-bond donors (Lipinski definition) is 3. The lowest BCUT2D eigenvalue weighted by Crippen LogP contribution is -2.40. The van der Waals surface area contributed by atoms with Crippen molar-refractivity contribution in [2.75, 3.05) is 5.32 Å². The minimum Gasteiger partial charge on any atom is -0.504 e. The number of anilines is 1. The molecule has 0 aliphatic rings. The van der Waals surface area contributed by atoms with Gasteiger partial charge in [-0.3, -0.25) is 18.7 Å². The van der Waals surface area contributed by atoms with E-state index in [0.717, 1.165) is 20.3 Å². The van der Waals surface area contributed by atoms with E-state index in [2.05, 4.69) is 17.2 Å². The molecule has 0 radical (unpaired) electrons. The van der Waals surface area contributed by atoms with E-state index in [1.165, 1.54) is 25.2 Å². The Morgan fingerprint density at radius 1 is 1.09 bits per heavy atom. The number of benzene rings is 2. The van der Waals surface area contributed by atoms with Crippen LogP contribution in [0.2, 0.25) is 5.15 Å². The van der Waals surface area contributed by atoms with Crippen molar-refractivity contribution in [3.8, 4) is 23.3 Å². The fourth-order valence-corrected chi connectivity index (χ4v) is 3.28. The zero-order chi connectivity index (χ0) is 24.1. The molecule has 1 aromatic heterocycles. The highest BCUT2D eigenvalue weighted by Gasteiger charge is 2.17. The van der Waals surface area contributed by atoms with Crippen LogP contribution >= 0.6 is 11.6 Å². The molecule has 9 heteroatoms. The Labute approximate surface area is 194 Å². The number of hydrogen-bond acceptors (Lipinski definition) is 5. The Hall–Kier alpha value is -3.96. The standard InChI is InChI=1S/C24H22ClN3O5/c1-15-5-7-16(8-6-15)10-12-20(31)26-21-22(25)28(24(33)27(2)23(21)32)13-3-4-17-9-11-18(29)19(30)14-17/h5-9,11,14,29-30H,10,12-13H2,1-2H3,(H,26,31). The second-order valence-corrected chi connectivity index (χ2v) is 7.80. The molecule has 170 valence electrons. The second-order valence-electron chi connectivity index (χ2n) is 7.44. The fourth-order valence-electron chi connectivity index (χ4n) is 3.02. The highest BCUT2D eigenvalue weighted by Crippen LogP contribution is 2.24. The van der Waals surface area contributed by atoms with Gasteiger partial charge in [0.05, 0.1) is 6.54 Å². The highest BCUT2D eigenvalue weighted by molar-refractivity contribution is 6.32. The van der Waals surface area contributed by atoms with Crippen LogP contribution in [0, 0.1) is 18.8 Å². The summed E-state index contributed by atoms with van der Waals surface area (Å²) in [6.45, 7) is 1.81. The van der Waals surface area contributed by atoms with Crippen molar-refractivity contribution in [3.05, 3.63) is 85.1 Å². The number of phenols is 2. The maximum atomic E-state index is 12.5. The summed E-state index contributed by atoms with van der Waals surface area (Å²) in [7, 11) is 1.28. The number of amides is 1. The summed E-state index contributed by atoms with van der Waals surface area (Å²) in [5.74, 6) is 4.46. The quantitative estimate of drug-likeness (QED) is 0.303. The summed E-state index contributed by atoms with van der Waals surface area (Å²) in [5.41, 5.74) is 0.897. The first-order valence-electron chi connectivity index (χ1n) is 10.0. The number of phenolic OH excluding ortho intramolecular Hbond substituents is 2. The SMILES string of the molecule is Cc1ccc(CCC(=O)Nc2c(Cl)n(CC#Cc3ccc(O)c(O)c3)c(=O)n(C)c2=O)cc1. The molecule has 3 rings (SSSR count). The van der Waals surface area contributed by atoms with Crippen LogP contribution < -0.4 is 16.6 Å². The number of aryl methyl sites for hydroxylation is 2. The maximum absolute atomic E-state index is 12.5. The predicted molar refractivity (Wildman–Crippen MR) is 126 cm³/mol. The van der Waals surface area contributed by atoms with Crippen LogP contribution in [-0.2, 0) is 24.8 Å². The van der Waals surface area contributed by atoms with Crippen LogP contribution in [0.5, 0.6) is 11.5 Å². The minimum absolute atomic E-state index is 0.131. The van der Waals surface area contributed by atoms with E-state index in [4.69, 9.17) is 11.6 Å². The van der Waals surface area contributed by atoms with Gasteiger partial charge in [-0.25, -0.2) is 4.79 Å². The number of nitrogens with one attached hydrogen (secondary N) is 1. The Balaban J connectivity index is 1.80. The smallest absolute Gasteiger partial charge is 0.332 e. The number of carbonyl (C=O) groups excluding carboxylic acids is 1. The molecule has 0 saturated carbocycles. The second kappa shape index (κ2) is 10.1. The van der Waals surface area contributed by atoms with E-state index in [9.17, 15) is 24.6 Å². The van der Waals surface area contributed by atoms with Crippen LogP contribution in [-0.4, -0.2) is 25.3 Å². The molecule has 2 aromatic carbocycles. The first-order chi connectivity index (χ1) is 15.7. The molecular weight excluding hydrogens is 446 g/mol. The molecule has 0 bridgehead atoms. The average molecular weight is 468 g/mol. The summed E-state index contributed by atoms with van der Waals surface area (Å²) in [4.78, 5) is 37.5. The molecule has 8 nitrogen and oxygen atoms in total. The third-order valence-electron chi connectivity index (χ3n) is 4.95. The van der Waals surface area contributed by atoms with Gasteiger partial charge >= 0.3 is 5.69 Å². The van der Waals surface area contributed by atoms with E-state index >= 15 is 0 Å². The van der Waals surface area contributed by atoms with Crippen molar-refractivity contribution in [2.45, 2.75) is 26.3 Å². The Morgan fingerprint density at radius 3 is 2.45 bits per heavy atom. The van der Waals surface area contributed by atoms with E-state index < -0.39 is 17.2 Å². The molecule has 3 aromatic rings. The molecule has 0 spiro atoms. The van der Waals surface area contributed by atoms with Crippen molar-refractivity contribution >= 4 is 23.2 Å². The topological polar surface area (TPSA) is 114 Å². The monoisotopic (exact) mass is 467 g/mol. The number of nitrogens with zero attached hydrogens (tertiary/aromatic N) is 2. The van der Waals surface area contributed by atoms with E-state index in [1.54, 1.807) is 0 Å². The molecule has 1 amide bonds. The van der Waals surface area contributed by atoms with Gasteiger partial charge in [0.15, 0.2) is 11.5 Å². The van der Waals surface area contributed by atoms with E-state index in [0.29, 0.717) is 12.0 Å². The van der Waals surface area contributed by atoms with Gasteiger partial charge in [-0.05, 0) is 37.1 Å². The van der Waals surface area contributed by atoms with Crippen molar-refractivity contribution in [2.24, 2.45) is 7.05 Å². The molecule has 1 heterocycles. The Morgan fingerprint density at radius 2 is 1.79 bits per heavy atom. The van der Waals surface area contributed by atoms with Gasteiger partial charge in [-0.15, -0.1) is 0 Å². The van der Waals surface area contributed by atoms with Gasteiger partial charge in [-0.1, -0.05) is 53.3 Å². The van der Waals surface area contributed by atoms with Crippen LogP contribution in [0.25, 0.3) is 0 Å². The summed E-state index contributed by atoms with van der Waals surface area (Å²) in [6.07, 6.45) is 0.612. The molecule has 0 atom stereocenters. The molecule has 0 unspecified atom stereocenters. The number of rotatable bonds is 5. The zero-order valence-corrected chi connectivity index (χ0v) is 18.8. The molecule has 0 aliphatic carbocycles. The van der Waals surface area contributed by atoms with Gasteiger partial charge in [0.2, 0.25) is 5.91 Å². The number of halogens is 1. The third-order valence-corrected chi connectivity index (χ3v) is 5.34. The molecule has 3 N–H and O–H groups in total. The van der Waals surface area contributed by atoms with Gasteiger partial charge in [0.1, 0.15) is 10.8 Å².